The number of nitrogens with zero attached hydrogens (tertiary/aromatic N) is 2. The van der Waals surface area contributed by atoms with Gasteiger partial charge in [-0.2, -0.15) is 0 Å². The second-order valence-corrected chi connectivity index (χ2v) is 9.45. The molecule has 178 valence electrons. The zero-order valence-electron chi connectivity index (χ0n) is 19.0. The SMILES string of the molecule is [C-]#[N+][C@H]1CC[C@]2(C1)Nc1c(cnc3[nH]cc(C(=O)c4ccc(Oc5ccccc5)cc4Cl)c13)NC2=O. The van der Waals surface area contributed by atoms with Crippen LogP contribution in [0.3, 0.4) is 0 Å². The summed E-state index contributed by atoms with van der Waals surface area (Å²) in [6, 6.07) is 14.0. The first kappa shape index (κ1) is 22.1. The molecule has 2 aromatic carbocycles. The molecule has 2 aromatic heterocycles. The number of halogens is 1. The molecular weight excluding hydrogens is 478 g/mol. The minimum atomic E-state index is -0.887. The first-order valence-electron chi connectivity index (χ1n) is 11.5. The van der Waals surface area contributed by atoms with Crippen molar-refractivity contribution >= 4 is 45.7 Å². The van der Waals surface area contributed by atoms with Crippen molar-refractivity contribution in [1.29, 1.82) is 0 Å². The molecule has 4 aromatic rings. The van der Waals surface area contributed by atoms with E-state index in [1.807, 2.05) is 30.3 Å². The largest absolute Gasteiger partial charge is 0.457 e. The molecule has 1 spiro atoms. The average Bonchev–Trinajstić information content (AvgIpc) is 3.51. The van der Waals surface area contributed by atoms with Crippen LogP contribution in [0.25, 0.3) is 15.9 Å². The highest BCUT2D eigenvalue weighted by Crippen LogP contribution is 2.44. The summed E-state index contributed by atoms with van der Waals surface area (Å²) in [4.78, 5) is 37.7. The molecule has 1 aliphatic carbocycles. The lowest BCUT2D eigenvalue weighted by atomic mass is 9.91. The number of carbonyl (C=O) groups excluding carboxylic acids is 2. The van der Waals surface area contributed by atoms with Gasteiger partial charge in [0.25, 0.3) is 0 Å². The van der Waals surface area contributed by atoms with Crippen LogP contribution in [-0.4, -0.2) is 33.2 Å². The van der Waals surface area contributed by atoms with Crippen molar-refractivity contribution in [3.05, 3.63) is 88.5 Å². The molecule has 2 atom stereocenters. The molecule has 3 N–H and O–H groups in total. The topological polar surface area (TPSA) is 100 Å². The van der Waals surface area contributed by atoms with Gasteiger partial charge >= 0.3 is 0 Å². The standard InChI is InChI=1S/C27H20ClN5O3/c1-29-15-9-10-27(12-15)26(35)32-21-14-31-25-22(23(21)33-27)19(13-30-25)24(34)18-8-7-17(11-20(18)28)36-16-5-3-2-4-6-16/h2-8,11,13-15,33H,9-10,12H2,(H,30,31)(H,32,35)/t15-,27+/m0/s1. The molecule has 0 bridgehead atoms. The summed E-state index contributed by atoms with van der Waals surface area (Å²) in [5, 5.41) is 7.16. The maximum Gasteiger partial charge on any atom is 0.250 e. The molecular formula is C27H20ClN5O3. The highest BCUT2D eigenvalue weighted by molar-refractivity contribution is 6.36. The molecule has 0 radical (unpaired) electrons. The van der Waals surface area contributed by atoms with Gasteiger partial charge in [-0.3, -0.25) is 9.59 Å². The number of pyridine rings is 1. The normalized spacial score (nSPS) is 20.4. The third-order valence-electron chi connectivity index (χ3n) is 6.83. The highest BCUT2D eigenvalue weighted by Gasteiger charge is 2.51. The zero-order chi connectivity index (χ0) is 24.9. The van der Waals surface area contributed by atoms with Crippen molar-refractivity contribution in [2.24, 2.45) is 0 Å². The number of hydrogen-bond acceptors (Lipinski definition) is 5. The maximum atomic E-state index is 13.6. The third-order valence-corrected chi connectivity index (χ3v) is 7.14. The van der Waals surface area contributed by atoms with Gasteiger partial charge in [-0.25, -0.2) is 11.6 Å². The van der Waals surface area contributed by atoms with Crippen LogP contribution in [0, 0.1) is 6.57 Å². The van der Waals surface area contributed by atoms with Crippen molar-refractivity contribution in [2.45, 2.75) is 30.8 Å². The van der Waals surface area contributed by atoms with Gasteiger partial charge in [0, 0.05) is 24.2 Å². The van der Waals surface area contributed by atoms with E-state index in [2.05, 4.69) is 25.4 Å². The monoisotopic (exact) mass is 497 g/mol. The number of anilines is 2. The molecule has 36 heavy (non-hydrogen) atoms. The van der Waals surface area contributed by atoms with E-state index in [1.54, 1.807) is 30.6 Å². The van der Waals surface area contributed by atoms with E-state index in [9.17, 15) is 9.59 Å². The summed E-state index contributed by atoms with van der Waals surface area (Å²) in [6.07, 6.45) is 4.75. The number of aromatic nitrogens is 2. The number of para-hydroxylation sites is 1. The summed E-state index contributed by atoms with van der Waals surface area (Å²) in [5.41, 5.74) is 1.44. The van der Waals surface area contributed by atoms with E-state index in [0.717, 1.165) is 0 Å². The van der Waals surface area contributed by atoms with Gasteiger partial charge in [-0.05, 0) is 30.7 Å². The fraction of sp³-hybridized carbons (Fsp3) is 0.185. The smallest absolute Gasteiger partial charge is 0.250 e. The molecule has 6 rings (SSSR count). The van der Waals surface area contributed by atoms with E-state index in [1.165, 1.54) is 0 Å². The van der Waals surface area contributed by atoms with E-state index < -0.39 is 5.54 Å². The van der Waals surface area contributed by atoms with Gasteiger partial charge < -0.3 is 25.2 Å². The van der Waals surface area contributed by atoms with Crippen LogP contribution < -0.4 is 15.4 Å². The van der Waals surface area contributed by atoms with Gasteiger partial charge in [0.2, 0.25) is 11.9 Å². The van der Waals surface area contributed by atoms with Gasteiger partial charge in [0.1, 0.15) is 22.7 Å². The Morgan fingerprint density at radius 1 is 1.17 bits per heavy atom. The maximum absolute atomic E-state index is 13.6. The molecule has 3 heterocycles. The number of aromatic amines is 1. The van der Waals surface area contributed by atoms with E-state index >= 15 is 0 Å². The third kappa shape index (κ3) is 3.56. The summed E-state index contributed by atoms with van der Waals surface area (Å²) >= 11 is 6.52. The van der Waals surface area contributed by atoms with Crippen LogP contribution in [0.5, 0.6) is 11.5 Å². The lowest BCUT2D eigenvalue weighted by Gasteiger charge is -2.35. The first-order valence-corrected chi connectivity index (χ1v) is 11.9. The number of benzene rings is 2. The van der Waals surface area contributed by atoms with Gasteiger partial charge in [-0.1, -0.05) is 29.8 Å². The molecule has 2 aliphatic rings. The summed E-state index contributed by atoms with van der Waals surface area (Å²) in [6.45, 7) is 7.39. The van der Waals surface area contributed by atoms with Gasteiger partial charge in [-0.15, -0.1) is 0 Å². The summed E-state index contributed by atoms with van der Waals surface area (Å²) < 4.78 is 5.83. The Balaban J connectivity index is 1.37. The number of rotatable bonds is 4. The van der Waals surface area contributed by atoms with Crippen molar-refractivity contribution < 1.29 is 14.3 Å². The first-order chi connectivity index (χ1) is 17.5. The van der Waals surface area contributed by atoms with E-state index in [4.69, 9.17) is 22.9 Å². The van der Waals surface area contributed by atoms with Crippen LogP contribution in [0.2, 0.25) is 5.02 Å². The van der Waals surface area contributed by atoms with Crippen molar-refractivity contribution in [2.75, 3.05) is 10.6 Å². The number of fused-ring (bicyclic) bond motifs is 3. The molecule has 0 unspecified atom stereocenters. The number of amides is 1. The van der Waals surface area contributed by atoms with Crippen molar-refractivity contribution in [1.82, 2.24) is 9.97 Å². The van der Waals surface area contributed by atoms with Gasteiger partial charge in [0.05, 0.1) is 40.0 Å². The molecule has 0 saturated heterocycles. The Bertz CT molecular complexity index is 1580. The van der Waals surface area contributed by atoms with Crippen LogP contribution in [0.1, 0.15) is 35.2 Å². The Kier molecular flexibility index (Phi) is 5.16. The summed E-state index contributed by atoms with van der Waals surface area (Å²) in [5.74, 6) is 0.715. The van der Waals surface area contributed by atoms with Crippen molar-refractivity contribution in [3.63, 3.8) is 0 Å². The second kappa shape index (κ2) is 8.40. The minimum absolute atomic E-state index is 0.178. The minimum Gasteiger partial charge on any atom is -0.457 e. The van der Waals surface area contributed by atoms with Crippen molar-refractivity contribution in [3.8, 4) is 11.5 Å². The molecule has 1 amide bonds. The molecule has 8 nitrogen and oxygen atoms in total. The van der Waals surface area contributed by atoms with E-state index in [-0.39, 0.29) is 22.8 Å². The number of nitrogens with one attached hydrogen (secondary N) is 3. The van der Waals surface area contributed by atoms with E-state index in [0.29, 0.717) is 64.3 Å². The summed E-state index contributed by atoms with van der Waals surface area (Å²) in [7, 11) is 0. The Labute approximate surface area is 211 Å². The molecule has 1 fully saturated rings. The molecule has 1 aliphatic heterocycles. The number of hydrogen-bond donors (Lipinski definition) is 3. The Morgan fingerprint density at radius 2 is 2.00 bits per heavy atom. The quantitative estimate of drug-likeness (QED) is 0.244. The lowest BCUT2D eigenvalue weighted by Crippen LogP contribution is -2.51. The number of ketones is 1. The predicted octanol–water partition coefficient (Wildman–Crippen LogP) is 5.81. The average molecular weight is 498 g/mol. The Morgan fingerprint density at radius 3 is 2.75 bits per heavy atom. The highest BCUT2D eigenvalue weighted by atomic mass is 35.5. The van der Waals surface area contributed by atoms with Crippen LogP contribution in [0.4, 0.5) is 11.4 Å². The van der Waals surface area contributed by atoms with Crippen LogP contribution in [-0.2, 0) is 4.79 Å². The number of carbonyl (C=O) groups is 2. The fourth-order valence-electron chi connectivity index (χ4n) is 5.00. The number of H-pyrrole nitrogens is 1. The Hall–Kier alpha value is -4.35. The van der Waals surface area contributed by atoms with Crippen LogP contribution >= 0.6 is 11.6 Å². The fourth-order valence-corrected chi connectivity index (χ4v) is 5.26. The molecule has 9 heteroatoms. The van der Waals surface area contributed by atoms with Gasteiger partial charge in [0.15, 0.2) is 5.78 Å². The molecule has 1 saturated carbocycles. The zero-order valence-corrected chi connectivity index (χ0v) is 19.7. The predicted molar refractivity (Wildman–Crippen MR) is 137 cm³/mol. The lowest BCUT2D eigenvalue weighted by molar-refractivity contribution is -0.120. The number of ether oxygens (including phenoxy) is 1. The second-order valence-electron chi connectivity index (χ2n) is 9.05. The van der Waals surface area contributed by atoms with Crippen LogP contribution in [0.15, 0.2) is 60.9 Å².